The number of ether oxygens (including phenoxy) is 1. The molecular formula is C20H27N5O4S. The Morgan fingerprint density at radius 2 is 1.93 bits per heavy atom. The molecule has 0 N–H and O–H groups in total. The van der Waals surface area contributed by atoms with Crippen LogP contribution in [0.1, 0.15) is 31.9 Å². The Hall–Kier alpha value is -2.43. The van der Waals surface area contributed by atoms with Gasteiger partial charge in [0.1, 0.15) is 4.90 Å². The van der Waals surface area contributed by atoms with Crippen molar-refractivity contribution in [1.29, 1.82) is 0 Å². The molecule has 0 atom stereocenters. The van der Waals surface area contributed by atoms with Gasteiger partial charge in [-0.3, -0.25) is 9.78 Å². The van der Waals surface area contributed by atoms with E-state index in [0.29, 0.717) is 37.6 Å². The number of pyridine rings is 1. The van der Waals surface area contributed by atoms with E-state index in [1.165, 1.54) is 10.5 Å². The fourth-order valence-corrected chi connectivity index (χ4v) is 4.95. The van der Waals surface area contributed by atoms with Gasteiger partial charge in [-0.1, -0.05) is 13.8 Å². The number of carbonyl (C=O) groups is 1. The summed E-state index contributed by atoms with van der Waals surface area (Å²) in [6.45, 7) is 5.35. The van der Waals surface area contributed by atoms with Crippen LogP contribution in [-0.4, -0.2) is 78.4 Å². The summed E-state index contributed by atoms with van der Waals surface area (Å²) in [6.07, 6.45) is 4.99. The lowest BCUT2D eigenvalue weighted by Crippen LogP contribution is -2.50. The number of aromatic nitrogens is 3. The van der Waals surface area contributed by atoms with E-state index < -0.39 is 10.0 Å². The van der Waals surface area contributed by atoms with Crippen LogP contribution in [0.3, 0.4) is 0 Å². The predicted molar refractivity (Wildman–Crippen MR) is 111 cm³/mol. The van der Waals surface area contributed by atoms with Gasteiger partial charge in [0.15, 0.2) is 5.82 Å². The summed E-state index contributed by atoms with van der Waals surface area (Å²) >= 11 is 0. The van der Waals surface area contributed by atoms with E-state index in [9.17, 15) is 13.2 Å². The number of nitrogens with zero attached hydrogens (tertiary/aromatic N) is 5. The van der Waals surface area contributed by atoms with Gasteiger partial charge in [-0.25, -0.2) is 18.4 Å². The van der Waals surface area contributed by atoms with Crippen LogP contribution in [-0.2, 0) is 19.6 Å². The zero-order chi connectivity index (χ0) is 21.7. The zero-order valence-electron chi connectivity index (χ0n) is 17.5. The Morgan fingerprint density at radius 1 is 1.20 bits per heavy atom. The Labute approximate surface area is 177 Å². The number of amides is 1. The maximum atomic E-state index is 13.3. The fraction of sp³-hybridized carbons (Fsp3) is 0.500. The molecule has 1 aliphatic rings. The molecule has 1 aliphatic heterocycles. The first kappa shape index (κ1) is 22.3. The summed E-state index contributed by atoms with van der Waals surface area (Å²) in [5.41, 5.74) is 1.20. The van der Waals surface area contributed by atoms with Gasteiger partial charge in [0.25, 0.3) is 0 Å². The summed E-state index contributed by atoms with van der Waals surface area (Å²) in [5.74, 6) is 0.311. The van der Waals surface area contributed by atoms with Crippen molar-refractivity contribution in [2.45, 2.75) is 31.1 Å². The van der Waals surface area contributed by atoms with Gasteiger partial charge in [0, 0.05) is 51.2 Å². The molecule has 0 aromatic carbocycles. The van der Waals surface area contributed by atoms with Crippen LogP contribution in [0.2, 0.25) is 0 Å². The summed E-state index contributed by atoms with van der Waals surface area (Å²) in [4.78, 5) is 26.9. The molecule has 0 unspecified atom stereocenters. The first-order valence-corrected chi connectivity index (χ1v) is 11.3. The number of methoxy groups -OCH3 is 1. The van der Waals surface area contributed by atoms with Crippen molar-refractivity contribution < 1.29 is 17.9 Å². The van der Waals surface area contributed by atoms with E-state index in [4.69, 9.17) is 4.74 Å². The molecule has 1 amide bonds. The van der Waals surface area contributed by atoms with Gasteiger partial charge >= 0.3 is 0 Å². The van der Waals surface area contributed by atoms with Crippen molar-refractivity contribution in [2.75, 3.05) is 39.9 Å². The smallest absolute Gasteiger partial charge is 0.246 e. The minimum Gasteiger partial charge on any atom is -0.384 e. The summed E-state index contributed by atoms with van der Waals surface area (Å²) in [7, 11) is -2.23. The van der Waals surface area contributed by atoms with Crippen LogP contribution < -0.4 is 0 Å². The van der Waals surface area contributed by atoms with Crippen molar-refractivity contribution in [1.82, 2.24) is 24.2 Å². The molecule has 0 saturated carbocycles. The normalized spacial score (nSPS) is 15.5. The standard InChI is InChI=1S/C20H27N5O4S/c1-15(2)19-17(14-22-20(23-19)16-5-4-7-21-13-16)30(27,28)25-10-8-24(9-11-25)18(26)6-12-29-3/h4-5,7,13-15H,6,8-12H2,1-3H3. The molecule has 2 aromatic heterocycles. The molecule has 0 spiro atoms. The third kappa shape index (κ3) is 4.82. The monoisotopic (exact) mass is 433 g/mol. The Balaban J connectivity index is 1.82. The highest BCUT2D eigenvalue weighted by Gasteiger charge is 2.33. The molecular weight excluding hydrogens is 406 g/mol. The molecule has 10 heteroatoms. The highest BCUT2D eigenvalue weighted by Crippen LogP contribution is 2.27. The van der Waals surface area contributed by atoms with Gasteiger partial charge in [-0.05, 0) is 18.1 Å². The van der Waals surface area contributed by atoms with E-state index >= 15 is 0 Å². The average Bonchev–Trinajstić information content (AvgIpc) is 2.77. The average molecular weight is 434 g/mol. The first-order valence-electron chi connectivity index (χ1n) is 9.88. The quantitative estimate of drug-likeness (QED) is 0.652. The minimum atomic E-state index is -3.77. The van der Waals surface area contributed by atoms with E-state index in [0.717, 1.165) is 5.56 Å². The van der Waals surface area contributed by atoms with Crippen LogP contribution in [0.15, 0.2) is 35.6 Å². The van der Waals surface area contributed by atoms with Gasteiger partial charge in [0.05, 0.1) is 24.9 Å². The fourth-order valence-electron chi connectivity index (χ4n) is 3.29. The predicted octanol–water partition coefficient (Wildman–Crippen LogP) is 1.53. The van der Waals surface area contributed by atoms with Gasteiger partial charge < -0.3 is 9.64 Å². The summed E-state index contributed by atoms with van der Waals surface area (Å²) in [5, 5.41) is 0. The molecule has 162 valence electrons. The molecule has 2 aromatic rings. The number of carbonyl (C=O) groups excluding carboxylic acids is 1. The van der Waals surface area contributed by atoms with Crippen molar-refractivity contribution >= 4 is 15.9 Å². The molecule has 1 fully saturated rings. The topological polar surface area (TPSA) is 106 Å². The van der Waals surface area contributed by atoms with Crippen LogP contribution in [0.4, 0.5) is 0 Å². The number of hydrogen-bond donors (Lipinski definition) is 0. The van der Waals surface area contributed by atoms with Crippen molar-refractivity contribution in [3.63, 3.8) is 0 Å². The first-order chi connectivity index (χ1) is 14.3. The van der Waals surface area contributed by atoms with Crippen molar-refractivity contribution in [3.8, 4) is 11.4 Å². The number of piperazine rings is 1. The van der Waals surface area contributed by atoms with Crippen molar-refractivity contribution in [3.05, 3.63) is 36.4 Å². The largest absolute Gasteiger partial charge is 0.384 e. The lowest BCUT2D eigenvalue weighted by atomic mass is 10.1. The molecule has 3 rings (SSSR count). The molecule has 0 radical (unpaired) electrons. The number of hydrogen-bond acceptors (Lipinski definition) is 7. The Bertz CT molecular complexity index is 974. The van der Waals surface area contributed by atoms with E-state index in [-0.39, 0.29) is 29.8 Å². The Kier molecular flexibility index (Phi) is 7.11. The maximum Gasteiger partial charge on any atom is 0.246 e. The highest BCUT2D eigenvalue weighted by atomic mass is 32.2. The molecule has 3 heterocycles. The van der Waals surface area contributed by atoms with Crippen LogP contribution >= 0.6 is 0 Å². The minimum absolute atomic E-state index is 0.0269. The molecule has 0 bridgehead atoms. The SMILES string of the molecule is COCCC(=O)N1CCN(S(=O)(=O)c2cnc(-c3cccnc3)nc2C(C)C)CC1. The Morgan fingerprint density at radius 3 is 2.53 bits per heavy atom. The van der Waals surface area contributed by atoms with Crippen LogP contribution in [0.25, 0.3) is 11.4 Å². The number of rotatable bonds is 7. The van der Waals surface area contributed by atoms with Crippen LogP contribution in [0, 0.1) is 0 Å². The van der Waals surface area contributed by atoms with E-state index in [1.807, 2.05) is 19.9 Å². The van der Waals surface area contributed by atoms with Gasteiger partial charge in [0.2, 0.25) is 15.9 Å². The molecule has 0 aliphatic carbocycles. The summed E-state index contributed by atoms with van der Waals surface area (Å²) < 4.78 is 33.0. The zero-order valence-corrected chi connectivity index (χ0v) is 18.3. The van der Waals surface area contributed by atoms with E-state index in [2.05, 4.69) is 15.0 Å². The lowest BCUT2D eigenvalue weighted by molar-refractivity contribution is -0.133. The maximum absolute atomic E-state index is 13.3. The van der Waals surface area contributed by atoms with Crippen LogP contribution in [0.5, 0.6) is 0 Å². The highest BCUT2D eigenvalue weighted by molar-refractivity contribution is 7.89. The summed E-state index contributed by atoms with van der Waals surface area (Å²) in [6, 6.07) is 3.62. The second-order valence-electron chi connectivity index (χ2n) is 7.37. The third-order valence-corrected chi connectivity index (χ3v) is 6.89. The second-order valence-corrected chi connectivity index (χ2v) is 9.27. The molecule has 30 heavy (non-hydrogen) atoms. The molecule has 1 saturated heterocycles. The lowest BCUT2D eigenvalue weighted by Gasteiger charge is -2.34. The van der Waals surface area contributed by atoms with E-state index in [1.54, 1.807) is 30.5 Å². The van der Waals surface area contributed by atoms with Gasteiger partial charge in [-0.15, -0.1) is 0 Å². The third-order valence-electron chi connectivity index (χ3n) is 4.98. The second kappa shape index (κ2) is 9.59. The molecule has 9 nitrogen and oxygen atoms in total. The van der Waals surface area contributed by atoms with Gasteiger partial charge in [-0.2, -0.15) is 4.31 Å². The van der Waals surface area contributed by atoms with Crippen molar-refractivity contribution in [2.24, 2.45) is 0 Å². The number of sulfonamides is 1.